The Morgan fingerprint density at radius 2 is 1.42 bits per heavy atom. The summed E-state index contributed by atoms with van der Waals surface area (Å²) in [5.41, 5.74) is 6.76. The fourth-order valence-corrected chi connectivity index (χ4v) is 8.15. The Labute approximate surface area is 448 Å². The number of unbranched alkanes of at least 4 members (excludes halogenated alkanes) is 3. The van der Waals surface area contributed by atoms with Crippen LogP contribution in [0.25, 0.3) is 11.3 Å². The van der Waals surface area contributed by atoms with Crippen LogP contribution in [0.4, 0.5) is 22.0 Å². The number of amides is 7. The zero-order chi connectivity index (χ0) is 58.7. The van der Waals surface area contributed by atoms with Gasteiger partial charge in [-0.25, -0.2) is 23.4 Å². The van der Waals surface area contributed by atoms with Gasteiger partial charge in [-0.3, -0.25) is 38.5 Å². The highest BCUT2D eigenvalue weighted by Crippen LogP contribution is 2.39. The number of alkyl halides is 3. The van der Waals surface area contributed by atoms with Crippen LogP contribution in [-0.2, 0) is 49.7 Å². The number of halogens is 5. The predicted molar refractivity (Wildman–Crippen MR) is 274 cm³/mol. The van der Waals surface area contributed by atoms with E-state index in [-0.39, 0.29) is 80.2 Å². The highest BCUT2D eigenvalue weighted by atomic mass is 19.4. The molecule has 0 fully saturated rings. The molecule has 1 aliphatic rings. The first-order valence-electron chi connectivity index (χ1n) is 25.3. The Kier molecular flexibility index (Phi) is 24.7. The van der Waals surface area contributed by atoms with Crippen molar-refractivity contribution in [3.8, 4) is 11.3 Å². The molecule has 2 heterocycles. The van der Waals surface area contributed by atoms with Crippen molar-refractivity contribution in [2.24, 2.45) is 17.1 Å². The standard InChI is InChI=1S/C51H69F2N9O9.C2HF3O2/c1-31(2)44(59-41(64)19-12-9-15-26-62-42(65)22-23-43(62)66)49(69)56-32(3)47(67)58-39(50(70)71)18-13-14-25-55-48(68)38(54)24-27-61(33(4)63)45(51(5,6)7)46-57-40(36-28-35(52)20-21-37(36)53)30-60(46)29-34-16-10-8-11-17-34;3-2(4,5)1(6)7/h8,10-11,16-17,20-23,28,30-32,38-39,44-45H,9,12-15,18-19,24-27,29,54H2,1-7H3,(H,55,68)(H,56,69)(H,58,67)(H,59,64)(H,70,71);(H,6,7)/t32-,38-,39-,44-,45-;/m0./s1. The number of rotatable bonds is 27. The third kappa shape index (κ3) is 20.4. The average Bonchev–Trinajstić information content (AvgIpc) is 3.91. The van der Waals surface area contributed by atoms with Crippen LogP contribution in [0.15, 0.2) is 66.9 Å². The van der Waals surface area contributed by atoms with Crippen molar-refractivity contribution in [2.45, 2.75) is 143 Å². The van der Waals surface area contributed by atoms with E-state index in [1.165, 1.54) is 26.0 Å². The number of carbonyl (C=O) groups is 9. The molecule has 0 saturated heterocycles. The summed E-state index contributed by atoms with van der Waals surface area (Å²) in [7, 11) is 0. The molecule has 0 unspecified atom stereocenters. The molecular formula is C53H70F5N9O11. The van der Waals surface area contributed by atoms with Crippen molar-refractivity contribution in [1.29, 1.82) is 0 Å². The summed E-state index contributed by atoms with van der Waals surface area (Å²) in [6.07, 6.45) is 1.28. The number of nitrogens with two attached hydrogens (primary N) is 1. The third-order valence-electron chi connectivity index (χ3n) is 12.3. The van der Waals surface area contributed by atoms with E-state index in [4.69, 9.17) is 20.6 Å². The van der Waals surface area contributed by atoms with Gasteiger partial charge in [0.15, 0.2) is 0 Å². The molecule has 0 aliphatic carbocycles. The smallest absolute Gasteiger partial charge is 0.480 e. The number of carboxylic acid groups (broad SMARTS) is 2. The van der Waals surface area contributed by atoms with Gasteiger partial charge in [-0.05, 0) is 80.5 Å². The normalized spacial score (nSPS) is 14.4. The van der Waals surface area contributed by atoms with Crippen LogP contribution >= 0.6 is 0 Å². The number of imide groups is 1. The Balaban J connectivity index is 0.00000213. The Morgan fingerprint density at radius 1 is 0.795 bits per heavy atom. The highest BCUT2D eigenvalue weighted by Gasteiger charge is 2.39. The maximum atomic E-state index is 15.1. The van der Waals surface area contributed by atoms with Crippen LogP contribution in [0.5, 0.6) is 0 Å². The lowest BCUT2D eigenvalue weighted by Gasteiger charge is -2.40. The lowest BCUT2D eigenvalue weighted by Crippen LogP contribution is -2.56. The average molecular weight is 1100 g/mol. The summed E-state index contributed by atoms with van der Waals surface area (Å²) in [5.74, 6) is -8.60. The summed E-state index contributed by atoms with van der Waals surface area (Å²) < 4.78 is 63.0. The Bertz CT molecular complexity index is 2600. The Hall–Kier alpha value is -7.57. The van der Waals surface area contributed by atoms with Crippen molar-refractivity contribution < 1.29 is 75.3 Å². The molecule has 20 nitrogen and oxygen atoms in total. The summed E-state index contributed by atoms with van der Waals surface area (Å²) in [6, 6.07) is 7.43. The molecule has 0 saturated carbocycles. The van der Waals surface area contributed by atoms with E-state index in [0.717, 1.165) is 28.7 Å². The van der Waals surface area contributed by atoms with Crippen molar-refractivity contribution in [2.75, 3.05) is 19.6 Å². The SMILES string of the molecule is CC(=O)N(CC[C@H](N)C(=O)NCCCC[C@H](NC(=O)[C@H](C)NC(=O)[C@@H](NC(=O)CCCCCN1C(=O)C=CC1=O)C(C)C)C(=O)O)[C@@H](c1nc(-c2cc(F)ccc2F)cn1Cc1ccccc1)C(C)(C)C.O=C(O)C(F)(F)F. The number of nitrogens with one attached hydrogen (secondary N) is 4. The monoisotopic (exact) mass is 1100 g/mol. The van der Waals surface area contributed by atoms with Crippen molar-refractivity contribution in [3.05, 3.63) is 89.9 Å². The van der Waals surface area contributed by atoms with E-state index < -0.39 is 89.0 Å². The van der Waals surface area contributed by atoms with Crippen molar-refractivity contribution in [1.82, 2.24) is 40.6 Å². The van der Waals surface area contributed by atoms with Crippen LogP contribution in [0.1, 0.15) is 117 Å². The van der Waals surface area contributed by atoms with Gasteiger partial charge in [0.25, 0.3) is 11.8 Å². The largest absolute Gasteiger partial charge is 0.490 e. The van der Waals surface area contributed by atoms with E-state index in [0.29, 0.717) is 38.1 Å². The molecule has 0 radical (unpaired) electrons. The maximum Gasteiger partial charge on any atom is 0.490 e. The molecule has 25 heteroatoms. The minimum Gasteiger partial charge on any atom is -0.480 e. The number of aliphatic carboxylic acids is 2. The van der Waals surface area contributed by atoms with E-state index in [2.05, 4.69) is 21.3 Å². The van der Waals surface area contributed by atoms with Crippen LogP contribution in [0.3, 0.4) is 0 Å². The number of carboxylic acids is 2. The molecule has 8 N–H and O–H groups in total. The third-order valence-corrected chi connectivity index (χ3v) is 12.3. The van der Waals surface area contributed by atoms with E-state index in [1.807, 2.05) is 55.7 Å². The fraction of sp³-hybridized carbons (Fsp3) is 0.509. The van der Waals surface area contributed by atoms with Gasteiger partial charge < -0.3 is 46.7 Å². The zero-order valence-electron chi connectivity index (χ0n) is 44.6. The predicted octanol–water partition coefficient (Wildman–Crippen LogP) is 5.15. The molecule has 5 atom stereocenters. The second-order valence-corrected chi connectivity index (χ2v) is 20.1. The highest BCUT2D eigenvalue weighted by molar-refractivity contribution is 6.12. The summed E-state index contributed by atoms with van der Waals surface area (Å²) in [6.45, 7) is 12.8. The van der Waals surface area contributed by atoms with Gasteiger partial charge in [0.2, 0.25) is 29.5 Å². The molecule has 428 valence electrons. The number of carbonyl (C=O) groups excluding carboxylic acids is 7. The van der Waals surface area contributed by atoms with Crippen molar-refractivity contribution in [3.63, 3.8) is 0 Å². The number of imidazole rings is 1. The lowest BCUT2D eigenvalue weighted by atomic mass is 9.84. The number of benzene rings is 2. The van der Waals surface area contributed by atoms with Gasteiger partial charge in [-0.15, -0.1) is 0 Å². The molecule has 0 bridgehead atoms. The minimum atomic E-state index is -5.08. The van der Waals surface area contributed by atoms with Crippen LogP contribution in [-0.4, -0.2) is 133 Å². The molecule has 1 aliphatic heterocycles. The second kappa shape index (κ2) is 29.8. The minimum absolute atomic E-state index is 0.00520. The number of hydrogen-bond donors (Lipinski definition) is 7. The first-order chi connectivity index (χ1) is 36.4. The summed E-state index contributed by atoms with van der Waals surface area (Å²) in [5, 5.41) is 27.4. The van der Waals surface area contributed by atoms with E-state index in [9.17, 15) is 61.0 Å². The lowest BCUT2D eigenvalue weighted by molar-refractivity contribution is -0.192. The first kappa shape index (κ1) is 64.7. The summed E-state index contributed by atoms with van der Waals surface area (Å²) >= 11 is 0. The molecular weight excluding hydrogens is 1030 g/mol. The van der Waals surface area contributed by atoms with Gasteiger partial charge in [0, 0.05) is 63.4 Å². The van der Waals surface area contributed by atoms with E-state index >= 15 is 4.39 Å². The molecule has 4 rings (SSSR count). The van der Waals surface area contributed by atoms with Gasteiger partial charge in [-0.1, -0.05) is 71.4 Å². The van der Waals surface area contributed by atoms with Gasteiger partial charge in [0.1, 0.15) is 35.6 Å². The molecule has 78 heavy (non-hydrogen) atoms. The van der Waals surface area contributed by atoms with Crippen LogP contribution < -0.4 is 27.0 Å². The van der Waals surface area contributed by atoms with Crippen LogP contribution in [0, 0.1) is 23.0 Å². The van der Waals surface area contributed by atoms with Crippen molar-refractivity contribution >= 4 is 53.3 Å². The van der Waals surface area contributed by atoms with Gasteiger partial charge >= 0.3 is 18.1 Å². The van der Waals surface area contributed by atoms with Crippen LogP contribution in [0.2, 0.25) is 0 Å². The number of nitrogens with zero attached hydrogens (tertiary/aromatic N) is 4. The summed E-state index contributed by atoms with van der Waals surface area (Å²) in [4.78, 5) is 117. The van der Waals surface area contributed by atoms with E-state index in [1.54, 1.807) is 24.9 Å². The van der Waals surface area contributed by atoms with Gasteiger partial charge in [0.05, 0.1) is 17.8 Å². The maximum absolute atomic E-state index is 15.1. The number of hydrogen-bond acceptors (Lipinski definition) is 11. The second-order valence-electron chi connectivity index (χ2n) is 20.1. The molecule has 7 amide bonds. The first-order valence-corrected chi connectivity index (χ1v) is 25.3. The quantitative estimate of drug-likeness (QED) is 0.0296. The fourth-order valence-electron chi connectivity index (χ4n) is 8.15. The Morgan fingerprint density at radius 3 is 1.99 bits per heavy atom. The molecule has 0 spiro atoms. The number of aromatic nitrogens is 2. The topological polar surface area (TPSA) is 293 Å². The zero-order valence-corrected chi connectivity index (χ0v) is 44.6. The molecule has 1 aromatic heterocycles. The van der Waals surface area contributed by atoms with Gasteiger partial charge in [-0.2, -0.15) is 13.2 Å². The molecule has 2 aromatic carbocycles. The molecule has 3 aromatic rings.